The Morgan fingerprint density at radius 2 is 1.91 bits per heavy atom. The van der Waals surface area contributed by atoms with E-state index in [2.05, 4.69) is 10.2 Å². The highest BCUT2D eigenvalue weighted by Crippen LogP contribution is 2.35. The highest BCUT2D eigenvalue weighted by atomic mass is 32.2. The molecule has 2 aromatic carbocycles. The van der Waals surface area contributed by atoms with Gasteiger partial charge in [0.1, 0.15) is 0 Å². The van der Waals surface area contributed by atoms with E-state index >= 15 is 0 Å². The predicted octanol–water partition coefficient (Wildman–Crippen LogP) is 4.21. The second-order valence-corrected chi connectivity index (χ2v) is 10.9. The number of para-hydroxylation sites is 1. The highest BCUT2D eigenvalue weighted by molar-refractivity contribution is 7.99. The molecule has 0 amide bonds. The van der Waals surface area contributed by atoms with Crippen molar-refractivity contribution in [2.24, 2.45) is 0 Å². The molecule has 4 aromatic rings. The van der Waals surface area contributed by atoms with Gasteiger partial charge in [-0.3, -0.25) is 13.7 Å². The molecule has 1 aliphatic rings. The molecular formula is C24H22N4O4S2. The van der Waals surface area contributed by atoms with Gasteiger partial charge in [-0.25, -0.2) is 8.42 Å². The van der Waals surface area contributed by atoms with Gasteiger partial charge in [0.25, 0.3) is 0 Å². The molecule has 1 aliphatic heterocycles. The van der Waals surface area contributed by atoms with Crippen LogP contribution in [0.5, 0.6) is 0 Å². The van der Waals surface area contributed by atoms with Gasteiger partial charge in [-0.1, -0.05) is 30.0 Å². The summed E-state index contributed by atoms with van der Waals surface area (Å²) < 4.78 is 33.1. The van der Waals surface area contributed by atoms with Gasteiger partial charge in [0.05, 0.1) is 24.0 Å². The molecule has 0 unspecified atom stereocenters. The maximum Gasteiger partial charge on any atom is 0.232 e. The number of nitrogens with zero attached hydrogens (tertiary/aromatic N) is 4. The molecule has 0 bridgehead atoms. The number of fused-ring (bicyclic) bond motifs is 1. The van der Waals surface area contributed by atoms with Crippen LogP contribution in [0.4, 0.5) is 5.69 Å². The van der Waals surface area contributed by atoms with Gasteiger partial charge in [-0.15, -0.1) is 10.2 Å². The summed E-state index contributed by atoms with van der Waals surface area (Å²) in [5, 5.41) is 9.18. The topological polar surface area (TPSA) is 98.3 Å². The second-order valence-electron chi connectivity index (χ2n) is 8.12. The van der Waals surface area contributed by atoms with Gasteiger partial charge in [0, 0.05) is 17.3 Å². The van der Waals surface area contributed by atoms with Gasteiger partial charge in [-0.2, -0.15) is 0 Å². The largest absolute Gasteiger partial charge is 0.461 e. The molecular weight excluding hydrogens is 472 g/mol. The molecule has 3 heterocycles. The predicted molar refractivity (Wildman–Crippen MR) is 131 cm³/mol. The summed E-state index contributed by atoms with van der Waals surface area (Å²) in [6.07, 6.45) is 3.36. The number of anilines is 1. The lowest BCUT2D eigenvalue weighted by atomic mass is 10.0. The molecule has 8 nitrogen and oxygen atoms in total. The molecule has 0 fully saturated rings. The molecule has 174 valence electrons. The minimum Gasteiger partial charge on any atom is -0.461 e. The van der Waals surface area contributed by atoms with E-state index in [0.29, 0.717) is 34.4 Å². The van der Waals surface area contributed by atoms with Crippen molar-refractivity contribution in [3.05, 3.63) is 78.1 Å². The standard InChI is InChI=1S/C24H22N4O4S2/c1-16-13-18-14-17(10-11-20(18)28(16)34(2,30)31)21(29)15-33-24-26-25-23(22-9-6-12-32-22)27(24)19-7-4-3-5-8-19/h3-12,14,16H,13,15H2,1-2H3/t16-/m0/s1. The molecule has 0 radical (unpaired) electrons. The Hall–Kier alpha value is -3.37. The van der Waals surface area contributed by atoms with Crippen molar-refractivity contribution in [1.29, 1.82) is 0 Å². The van der Waals surface area contributed by atoms with Crippen LogP contribution in [0, 0.1) is 0 Å². The number of furan rings is 1. The third-order valence-electron chi connectivity index (χ3n) is 5.63. The molecule has 0 aliphatic carbocycles. The first kappa shape index (κ1) is 22.4. The van der Waals surface area contributed by atoms with Gasteiger partial charge in [-0.05, 0) is 61.4 Å². The first-order chi connectivity index (χ1) is 16.3. The lowest BCUT2D eigenvalue weighted by molar-refractivity contribution is 0.102. The van der Waals surface area contributed by atoms with E-state index in [1.165, 1.54) is 22.3 Å². The third kappa shape index (κ3) is 4.14. The normalized spacial score (nSPS) is 15.5. The van der Waals surface area contributed by atoms with Crippen LogP contribution < -0.4 is 4.31 Å². The molecule has 34 heavy (non-hydrogen) atoms. The van der Waals surface area contributed by atoms with Crippen LogP contribution in [0.25, 0.3) is 17.3 Å². The van der Waals surface area contributed by atoms with Crippen LogP contribution in [-0.2, 0) is 16.4 Å². The average Bonchev–Trinajstić information content (AvgIpc) is 3.54. The zero-order chi connectivity index (χ0) is 23.9. The maximum absolute atomic E-state index is 13.0. The quantitative estimate of drug-likeness (QED) is 0.280. The van der Waals surface area contributed by atoms with Crippen molar-refractivity contribution in [1.82, 2.24) is 14.8 Å². The number of Topliss-reactive ketones (excluding diaryl/α,β-unsaturated/α-hetero) is 1. The molecule has 5 rings (SSSR count). The SMILES string of the molecule is C[C@H]1Cc2cc(C(=O)CSc3nnc(-c4ccco4)n3-c3ccccc3)ccc2N1S(C)(=O)=O. The molecule has 10 heteroatoms. The van der Waals surface area contributed by atoms with E-state index in [9.17, 15) is 13.2 Å². The number of rotatable bonds is 7. The summed E-state index contributed by atoms with van der Waals surface area (Å²) in [6, 6.07) is 18.3. The van der Waals surface area contributed by atoms with E-state index < -0.39 is 10.0 Å². The Labute approximate surface area is 201 Å². The molecule has 0 saturated carbocycles. The number of carbonyl (C=O) groups is 1. The first-order valence-corrected chi connectivity index (χ1v) is 13.5. The average molecular weight is 495 g/mol. The maximum atomic E-state index is 13.0. The Morgan fingerprint density at radius 3 is 2.62 bits per heavy atom. The van der Waals surface area contributed by atoms with Gasteiger partial charge in [0.2, 0.25) is 15.8 Å². The Kier molecular flexibility index (Phi) is 5.78. The van der Waals surface area contributed by atoms with Gasteiger partial charge < -0.3 is 4.42 Å². The number of benzene rings is 2. The lowest BCUT2D eigenvalue weighted by Gasteiger charge is -2.21. The summed E-state index contributed by atoms with van der Waals surface area (Å²) >= 11 is 1.29. The molecule has 0 spiro atoms. The van der Waals surface area contributed by atoms with Crippen LogP contribution in [0.2, 0.25) is 0 Å². The zero-order valence-electron chi connectivity index (χ0n) is 18.6. The third-order valence-corrected chi connectivity index (χ3v) is 7.83. The van der Waals surface area contributed by atoms with Crippen molar-refractivity contribution >= 4 is 33.3 Å². The smallest absolute Gasteiger partial charge is 0.232 e. The summed E-state index contributed by atoms with van der Waals surface area (Å²) in [6.45, 7) is 1.87. The number of carbonyl (C=O) groups excluding carboxylic acids is 1. The number of hydrogen-bond donors (Lipinski definition) is 0. The van der Waals surface area contributed by atoms with Crippen LogP contribution in [-0.4, -0.2) is 47.0 Å². The molecule has 0 saturated heterocycles. The van der Waals surface area contributed by atoms with Crippen molar-refractivity contribution < 1.29 is 17.6 Å². The fourth-order valence-corrected chi connectivity index (χ4v) is 6.34. The van der Waals surface area contributed by atoms with Crippen molar-refractivity contribution in [2.45, 2.75) is 24.5 Å². The zero-order valence-corrected chi connectivity index (χ0v) is 20.2. The minimum absolute atomic E-state index is 0.0691. The summed E-state index contributed by atoms with van der Waals surface area (Å²) in [7, 11) is -3.37. The number of aromatic nitrogens is 3. The van der Waals surface area contributed by atoms with Crippen molar-refractivity contribution in [2.75, 3.05) is 16.3 Å². The number of sulfonamides is 1. The van der Waals surface area contributed by atoms with Crippen molar-refractivity contribution in [3.8, 4) is 17.3 Å². The van der Waals surface area contributed by atoms with E-state index in [1.807, 2.05) is 47.9 Å². The number of ketones is 1. The van der Waals surface area contributed by atoms with Crippen LogP contribution in [0.1, 0.15) is 22.8 Å². The molecule has 0 N–H and O–H groups in total. The van der Waals surface area contributed by atoms with Gasteiger partial charge >= 0.3 is 0 Å². The summed E-state index contributed by atoms with van der Waals surface area (Å²) in [5.74, 6) is 1.23. The van der Waals surface area contributed by atoms with E-state index in [-0.39, 0.29) is 17.6 Å². The fourth-order valence-electron chi connectivity index (χ4n) is 4.23. The lowest BCUT2D eigenvalue weighted by Crippen LogP contribution is -2.34. The molecule has 1 atom stereocenters. The number of thioether (sulfide) groups is 1. The van der Waals surface area contributed by atoms with Crippen LogP contribution in [0.3, 0.4) is 0 Å². The highest BCUT2D eigenvalue weighted by Gasteiger charge is 2.32. The van der Waals surface area contributed by atoms with Gasteiger partial charge in [0.15, 0.2) is 16.7 Å². The molecule has 2 aromatic heterocycles. The van der Waals surface area contributed by atoms with Crippen LogP contribution in [0.15, 0.2) is 76.5 Å². The summed E-state index contributed by atoms with van der Waals surface area (Å²) in [4.78, 5) is 13.0. The monoisotopic (exact) mass is 494 g/mol. The van der Waals surface area contributed by atoms with Crippen molar-refractivity contribution in [3.63, 3.8) is 0 Å². The fraction of sp³-hybridized carbons (Fsp3) is 0.208. The van der Waals surface area contributed by atoms with E-state index in [4.69, 9.17) is 4.42 Å². The first-order valence-electron chi connectivity index (χ1n) is 10.7. The Bertz CT molecular complexity index is 1450. The minimum atomic E-state index is -3.37. The Morgan fingerprint density at radius 1 is 1.12 bits per heavy atom. The van der Waals surface area contributed by atoms with E-state index in [1.54, 1.807) is 30.5 Å². The number of hydrogen-bond acceptors (Lipinski definition) is 7. The van der Waals surface area contributed by atoms with Crippen LogP contribution >= 0.6 is 11.8 Å². The Balaban J connectivity index is 1.40. The second kappa shape index (κ2) is 8.77. The van der Waals surface area contributed by atoms with E-state index in [0.717, 1.165) is 11.3 Å². The summed E-state index contributed by atoms with van der Waals surface area (Å²) in [5.41, 5.74) is 2.92.